The molecule has 1 aliphatic heterocycles. The molecule has 1 fully saturated rings. The van der Waals surface area contributed by atoms with Gasteiger partial charge in [0, 0.05) is 42.5 Å². The number of rotatable bonds is 4. The number of anilines is 1. The molecule has 2 aliphatic rings. The Labute approximate surface area is 189 Å². The summed E-state index contributed by atoms with van der Waals surface area (Å²) < 4.78 is 5.32. The van der Waals surface area contributed by atoms with E-state index < -0.39 is 0 Å². The third kappa shape index (κ3) is 3.46. The van der Waals surface area contributed by atoms with Crippen molar-refractivity contribution < 1.29 is 9.53 Å². The molecule has 0 radical (unpaired) electrons. The first-order valence-electron chi connectivity index (χ1n) is 11.2. The number of benzene rings is 3. The molecule has 3 aromatic rings. The van der Waals surface area contributed by atoms with Gasteiger partial charge in [-0.05, 0) is 49.2 Å². The number of hydrogen-bond acceptors (Lipinski definition) is 4. The summed E-state index contributed by atoms with van der Waals surface area (Å²) in [7, 11) is 1.66. The number of fused-ring (bicyclic) bond motifs is 1. The number of ether oxygens (including phenoxy) is 1. The Morgan fingerprint density at radius 2 is 1.66 bits per heavy atom. The highest BCUT2D eigenvalue weighted by atomic mass is 16.5. The number of piperazine rings is 1. The summed E-state index contributed by atoms with van der Waals surface area (Å²) >= 11 is 0. The van der Waals surface area contributed by atoms with Crippen molar-refractivity contribution in [2.75, 3.05) is 31.6 Å². The molecule has 0 amide bonds. The van der Waals surface area contributed by atoms with Crippen LogP contribution in [0.1, 0.15) is 34.0 Å². The average Bonchev–Trinajstić information content (AvgIpc) is 3.11. The van der Waals surface area contributed by atoms with Gasteiger partial charge < -0.3 is 14.5 Å². The third-order valence-electron chi connectivity index (χ3n) is 6.55. The van der Waals surface area contributed by atoms with E-state index in [2.05, 4.69) is 54.0 Å². The summed E-state index contributed by atoms with van der Waals surface area (Å²) in [5.41, 5.74) is 7.18. The number of allylic oxidation sites excluding steroid dienone is 1. The molecule has 4 nitrogen and oxygen atoms in total. The molecule has 1 heterocycles. The molecule has 0 aromatic heterocycles. The first-order valence-corrected chi connectivity index (χ1v) is 11.2. The monoisotopic (exact) mass is 424 g/mol. The van der Waals surface area contributed by atoms with Gasteiger partial charge in [-0.25, -0.2) is 0 Å². The Bertz CT molecular complexity index is 1200. The van der Waals surface area contributed by atoms with Crippen molar-refractivity contribution in [2.45, 2.75) is 19.9 Å². The molecular formula is C28H28N2O2. The highest BCUT2D eigenvalue weighted by molar-refractivity contribution is 6.39. The normalized spacial score (nSPS) is 18.2. The van der Waals surface area contributed by atoms with Crippen LogP contribution in [-0.2, 0) is 0 Å². The fraction of sp³-hybridized carbons (Fsp3) is 0.250. The lowest BCUT2D eigenvalue weighted by molar-refractivity contribution is 0.105. The maximum atomic E-state index is 13.5. The lowest BCUT2D eigenvalue weighted by Gasteiger charge is -2.43. The minimum atomic E-state index is 0.106. The van der Waals surface area contributed by atoms with Crippen LogP contribution in [0.3, 0.4) is 0 Å². The first kappa shape index (κ1) is 20.4. The van der Waals surface area contributed by atoms with Crippen molar-refractivity contribution >= 4 is 22.7 Å². The van der Waals surface area contributed by atoms with E-state index in [0.717, 1.165) is 53.3 Å². The largest absolute Gasteiger partial charge is 0.497 e. The van der Waals surface area contributed by atoms with E-state index in [1.54, 1.807) is 7.11 Å². The molecule has 4 heteroatoms. The van der Waals surface area contributed by atoms with Crippen LogP contribution in [0.2, 0.25) is 0 Å². The minimum absolute atomic E-state index is 0.106. The van der Waals surface area contributed by atoms with Gasteiger partial charge >= 0.3 is 0 Å². The average molecular weight is 425 g/mol. The van der Waals surface area contributed by atoms with Crippen LogP contribution in [0.5, 0.6) is 5.75 Å². The molecule has 162 valence electrons. The predicted molar refractivity (Wildman–Crippen MR) is 130 cm³/mol. The number of Topliss-reactive ketones (excluding diaryl/α,β-unsaturated/α-hetero) is 1. The number of ketones is 1. The summed E-state index contributed by atoms with van der Waals surface area (Å²) in [6.45, 7) is 7.06. The van der Waals surface area contributed by atoms with Crippen molar-refractivity contribution in [1.29, 1.82) is 0 Å². The Morgan fingerprint density at radius 1 is 0.906 bits per heavy atom. The predicted octanol–water partition coefficient (Wildman–Crippen LogP) is 5.28. The summed E-state index contributed by atoms with van der Waals surface area (Å²) in [4.78, 5) is 18.4. The third-order valence-corrected chi connectivity index (χ3v) is 6.55. The number of aryl methyl sites for hydroxylation is 1. The summed E-state index contributed by atoms with van der Waals surface area (Å²) in [6, 6.07) is 24.9. The zero-order valence-electron chi connectivity index (χ0n) is 18.8. The lowest BCUT2D eigenvalue weighted by Crippen LogP contribution is -2.51. The Balaban J connectivity index is 1.53. The van der Waals surface area contributed by atoms with Crippen LogP contribution in [0, 0.1) is 6.92 Å². The molecule has 1 saturated heterocycles. The zero-order chi connectivity index (χ0) is 22.2. The van der Waals surface area contributed by atoms with Crippen LogP contribution < -0.4 is 9.64 Å². The van der Waals surface area contributed by atoms with Crippen LogP contribution in [0.15, 0.2) is 72.8 Å². The van der Waals surface area contributed by atoms with E-state index in [4.69, 9.17) is 4.74 Å². The van der Waals surface area contributed by atoms with Crippen LogP contribution in [0.25, 0.3) is 11.3 Å². The van der Waals surface area contributed by atoms with Crippen molar-refractivity contribution in [3.8, 4) is 5.75 Å². The van der Waals surface area contributed by atoms with Crippen LogP contribution >= 0.6 is 0 Å². The summed E-state index contributed by atoms with van der Waals surface area (Å²) in [5.74, 6) is 0.897. The molecule has 32 heavy (non-hydrogen) atoms. The molecule has 1 aliphatic carbocycles. The Hall–Kier alpha value is -3.53. The molecule has 0 bridgehead atoms. The van der Waals surface area contributed by atoms with Gasteiger partial charge in [0.1, 0.15) is 5.75 Å². The quantitative estimate of drug-likeness (QED) is 0.571. The van der Waals surface area contributed by atoms with Gasteiger partial charge in [0.25, 0.3) is 0 Å². The van der Waals surface area contributed by atoms with E-state index in [-0.39, 0.29) is 5.78 Å². The standard InChI is InChI=1S/C28H28N2O2/c1-19-7-6-8-22(17-19)30-16-15-29(18-20(30)2)27-24-9-4-5-10-25(24)28(31)26(27)21-11-13-23(32-3)14-12-21/h4-14,17,20H,15-16,18H2,1-3H3/t20-/m1/s1. The summed E-state index contributed by atoms with van der Waals surface area (Å²) in [6.07, 6.45) is 0. The van der Waals surface area contributed by atoms with Gasteiger partial charge in [-0.15, -0.1) is 0 Å². The second-order valence-electron chi connectivity index (χ2n) is 8.65. The number of methoxy groups -OCH3 is 1. The van der Waals surface area contributed by atoms with E-state index in [9.17, 15) is 4.79 Å². The van der Waals surface area contributed by atoms with E-state index >= 15 is 0 Å². The first-order chi connectivity index (χ1) is 15.6. The van der Waals surface area contributed by atoms with Crippen molar-refractivity contribution in [1.82, 2.24) is 4.90 Å². The number of nitrogens with zero attached hydrogens (tertiary/aromatic N) is 2. The summed E-state index contributed by atoms with van der Waals surface area (Å²) in [5, 5.41) is 0. The van der Waals surface area contributed by atoms with Gasteiger partial charge in [-0.1, -0.05) is 48.5 Å². The number of hydrogen-bond donors (Lipinski definition) is 0. The smallest absolute Gasteiger partial charge is 0.196 e. The van der Waals surface area contributed by atoms with Crippen LogP contribution in [0.4, 0.5) is 5.69 Å². The van der Waals surface area contributed by atoms with E-state index in [1.165, 1.54) is 11.3 Å². The number of carbonyl (C=O) groups excluding carboxylic acids is 1. The Kier molecular flexibility index (Phi) is 5.22. The fourth-order valence-corrected chi connectivity index (χ4v) is 4.97. The van der Waals surface area contributed by atoms with Gasteiger partial charge in [0.05, 0.1) is 18.4 Å². The molecule has 5 rings (SSSR count). The maximum Gasteiger partial charge on any atom is 0.196 e. The maximum absolute atomic E-state index is 13.5. The van der Waals surface area contributed by atoms with Gasteiger partial charge in [0.15, 0.2) is 5.78 Å². The molecular weight excluding hydrogens is 396 g/mol. The van der Waals surface area contributed by atoms with E-state index in [1.807, 2.05) is 42.5 Å². The molecule has 0 spiro atoms. The van der Waals surface area contributed by atoms with Crippen LogP contribution in [-0.4, -0.2) is 43.5 Å². The van der Waals surface area contributed by atoms with Gasteiger partial charge in [0.2, 0.25) is 0 Å². The van der Waals surface area contributed by atoms with Crippen molar-refractivity contribution in [2.24, 2.45) is 0 Å². The fourth-order valence-electron chi connectivity index (χ4n) is 4.97. The lowest BCUT2D eigenvalue weighted by atomic mass is 10.0. The Morgan fingerprint density at radius 3 is 2.34 bits per heavy atom. The highest BCUT2D eigenvalue weighted by Crippen LogP contribution is 2.41. The van der Waals surface area contributed by atoms with Crippen molar-refractivity contribution in [3.63, 3.8) is 0 Å². The molecule has 0 N–H and O–H groups in total. The van der Waals surface area contributed by atoms with Crippen molar-refractivity contribution in [3.05, 3.63) is 95.1 Å². The van der Waals surface area contributed by atoms with Gasteiger partial charge in [-0.2, -0.15) is 0 Å². The highest BCUT2D eigenvalue weighted by Gasteiger charge is 2.36. The minimum Gasteiger partial charge on any atom is -0.497 e. The topological polar surface area (TPSA) is 32.8 Å². The van der Waals surface area contributed by atoms with Gasteiger partial charge in [-0.3, -0.25) is 4.79 Å². The zero-order valence-corrected chi connectivity index (χ0v) is 18.8. The molecule has 1 atom stereocenters. The molecule has 3 aromatic carbocycles. The SMILES string of the molecule is COc1ccc(C2=C(N3CCN(c4cccc(C)c4)[C@H](C)C3)c3ccccc3C2=O)cc1. The van der Waals surface area contributed by atoms with E-state index in [0.29, 0.717) is 6.04 Å². The number of carbonyl (C=O) groups is 1. The second kappa shape index (κ2) is 8.19. The molecule has 0 saturated carbocycles. The molecule has 0 unspecified atom stereocenters. The second-order valence-corrected chi connectivity index (χ2v) is 8.65.